The number of anilines is 1. The van der Waals surface area contributed by atoms with Gasteiger partial charge in [-0.05, 0) is 44.0 Å². The first kappa shape index (κ1) is 22.3. The number of nitrogens with one attached hydrogen (secondary N) is 2. The maximum atomic E-state index is 12.2. The van der Waals surface area contributed by atoms with Crippen molar-refractivity contribution in [1.29, 1.82) is 0 Å². The van der Waals surface area contributed by atoms with Gasteiger partial charge < -0.3 is 10.1 Å². The van der Waals surface area contributed by atoms with Crippen molar-refractivity contribution in [1.82, 2.24) is 4.72 Å². The second kappa shape index (κ2) is 9.99. The molecule has 154 valence electrons. The van der Waals surface area contributed by atoms with E-state index in [0.717, 1.165) is 16.5 Å². The molecular weight excluding hydrogens is 392 g/mol. The van der Waals surface area contributed by atoms with Crippen LogP contribution in [-0.2, 0) is 24.3 Å². The second-order valence-corrected chi connectivity index (χ2v) is 8.17. The Kier molecular flexibility index (Phi) is 7.69. The highest BCUT2D eigenvalue weighted by molar-refractivity contribution is 7.92. The molecule has 0 spiro atoms. The quantitative estimate of drug-likeness (QED) is 0.645. The minimum atomic E-state index is -3.82. The van der Waals surface area contributed by atoms with Crippen LogP contribution in [0.5, 0.6) is 0 Å². The number of rotatable bonds is 8. The number of esters is 1. The van der Waals surface area contributed by atoms with E-state index in [1.807, 2.05) is 32.0 Å². The Hall–Kier alpha value is -2.97. The van der Waals surface area contributed by atoms with Crippen molar-refractivity contribution in [2.45, 2.75) is 26.9 Å². The van der Waals surface area contributed by atoms with E-state index in [1.54, 1.807) is 30.3 Å². The van der Waals surface area contributed by atoms with E-state index in [9.17, 15) is 18.0 Å². The number of amides is 1. The first-order chi connectivity index (χ1) is 13.7. The fourth-order valence-corrected chi connectivity index (χ4v) is 3.17. The zero-order valence-electron chi connectivity index (χ0n) is 16.5. The molecule has 0 radical (unpaired) electrons. The van der Waals surface area contributed by atoms with E-state index in [1.165, 1.54) is 13.0 Å². The Bertz CT molecular complexity index is 1000. The van der Waals surface area contributed by atoms with Gasteiger partial charge in [-0.1, -0.05) is 48.0 Å². The van der Waals surface area contributed by atoms with Crippen LogP contribution in [0.1, 0.15) is 23.6 Å². The number of carbonyl (C=O) groups is 2. The van der Waals surface area contributed by atoms with Crippen molar-refractivity contribution in [3.63, 3.8) is 0 Å². The molecule has 0 aromatic heterocycles. The molecule has 0 heterocycles. The van der Waals surface area contributed by atoms with Crippen LogP contribution in [0.15, 0.2) is 53.9 Å². The molecule has 1 atom stereocenters. The van der Waals surface area contributed by atoms with E-state index in [4.69, 9.17) is 4.74 Å². The van der Waals surface area contributed by atoms with Gasteiger partial charge in [-0.25, -0.2) is 13.1 Å². The highest BCUT2D eigenvalue weighted by Gasteiger charge is 2.19. The van der Waals surface area contributed by atoms with Gasteiger partial charge in [0.2, 0.25) is 10.0 Å². The van der Waals surface area contributed by atoms with Gasteiger partial charge in [0.1, 0.15) is 6.54 Å². The van der Waals surface area contributed by atoms with Crippen LogP contribution < -0.4 is 10.0 Å². The SMILES string of the molecule is Cc1ccc(NC(=O)C(C)OC(=O)CNS(=O)(=O)/C=C/c2ccccc2)c(C)c1. The van der Waals surface area contributed by atoms with Gasteiger partial charge in [-0.2, -0.15) is 0 Å². The van der Waals surface area contributed by atoms with Crippen molar-refractivity contribution in [2.75, 3.05) is 11.9 Å². The van der Waals surface area contributed by atoms with Crippen molar-refractivity contribution >= 4 is 33.7 Å². The van der Waals surface area contributed by atoms with Gasteiger partial charge >= 0.3 is 5.97 Å². The van der Waals surface area contributed by atoms with Gasteiger partial charge in [-0.15, -0.1) is 0 Å². The minimum Gasteiger partial charge on any atom is -0.452 e. The van der Waals surface area contributed by atoms with Gasteiger partial charge in [0.15, 0.2) is 6.10 Å². The number of hydrogen-bond donors (Lipinski definition) is 2. The summed E-state index contributed by atoms with van der Waals surface area (Å²) in [6.07, 6.45) is 0.334. The lowest BCUT2D eigenvalue weighted by Crippen LogP contribution is -2.35. The van der Waals surface area contributed by atoms with Gasteiger partial charge in [0, 0.05) is 11.1 Å². The fraction of sp³-hybridized carbons (Fsp3) is 0.238. The maximum absolute atomic E-state index is 12.2. The van der Waals surface area contributed by atoms with Crippen LogP contribution in [0.25, 0.3) is 6.08 Å². The highest BCUT2D eigenvalue weighted by Crippen LogP contribution is 2.16. The average molecular weight is 416 g/mol. The smallest absolute Gasteiger partial charge is 0.321 e. The number of aryl methyl sites for hydroxylation is 2. The zero-order chi connectivity index (χ0) is 21.4. The normalized spacial score (nSPS) is 12.5. The molecule has 0 aliphatic heterocycles. The fourth-order valence-electron chi connectivity index (χ4n) is 2.42. The third-order valence-electron chi connectivity index (χ3n) is 3.97. The predicted octanol–water partition coefficient (Wildman–Crippen LogP) is 2.76. The molecule has 2 aromatic carbocycles. The van der Waals surface area contributed by atoms with E-state index < -0.39 is 34.5 Å². The van der Waals surface area contributed by atoms with Crippen LogP contribution >= 0.6 is 0 Å². The summed E-state index contributed by atoms with van der Waals surface area (Å²) in [5, 5.41) is 3.65. The molecule has 0 bridgehead atoms. The lowest BCUT2D eigenvalue weighted by atomic mass is 10.1. The number of hydrogen-bond acceptors (Lipinski definition) is 5. The van der Waals surface area contributed by atoms with Crippen molar-refractivity contribution < 1.29 is 22.7 Å². The zero-order valence-corrected chi connectivity index (χ0v) is 17.3. The van der Waals surface area contributed by atoms with Gasteiger partial charge in [0.05, 0.1) is 0 Å². The molecular formula is C21H24N2O5S. The number of carbonyl (C=O) groups excluding carboxylic acids is 2. The topological polar surface area (TPSA) is 102 Å². The monoisotopic (exact) mass is 416 g/mol. The molecule has 8 heteroatoms. The first-order valence-electron chi connectivity index (χ1n) is 8.97. The summed E-state index contributed by atoms with van der Waals surface area (Å²) >= 11 is 0. The Morgan fingerprint density at radius 1 is 1.10 bits per heavy atom. The summed E-state index contributed by atoms with van der Waals surface area (Å²) in [4.78, 5) is 24.1. The summed E-state index contributed by atoms with van der Waals surface area (Å²) in [6.45, 7) is 4.64. The molecule has 2 aromatic rings. The summed E-state index contributed by atoms with van der Waals surface area (Å²) in [5.41, 5.74) is 3.27. The van der Waals surface area contributed by atoms with Gasteiger partial charge in [0.25, 0.3) is 5.91 Å². The summed E-state index contributed by atoms with van der Waals surface area (Å²) in [6, 6.07) is 14.4. The third kappa shape index (κ3) is 7.52. The maximum Gasteiger partial charge on any atom is 0.321 e. The first-order valence-corrected chi connectivity index (χ1v) is 10.5. The molecule has 7 nitrogen and oxygen atoms in total. The minimum absolute atomic E-state index is 0.503. The molecule has 0 aliphatic carbocycles. The Morgan fingerprint density at radius 2 is 1.79 bits per heavy atom. The lowest BCUT2D eigenvalue weighted by Gasteiger charge is -2.15. The lowest BCUT2D eigenvalue weighted by molar-refractivity contribution is -0.151. The van der Waals surface area contributed by atoms with Crippen LogP contribution in [0.4, 0.5) is 5.69 Å². The summed E-state index contributed by atoms with van der Waals surface area (Å²) < 4.78 is 31.0. The number of sulfonamides is 1. The van der Waals surface area contributed by atoms with Crippen molar-refractivity contribution in [3.8, 4) is 0 Å². The van der Waals surface area contributed by atoms with Crippen molar-refractivity contribution in [2.24, 2.45) is 0 Å². The van der Waals surface area contributed by atoms with Crippen LogP contribution in [-0.4, -0.2) is 32.9 Å². The van der Waals surface area contributed by atoms with Crippen LogP contribution in [0.3, 0.4) is 0 Å². The molecule has 2 rings (SSSR count). The molecule has 29 heavy (non-hydrogen) atoms. The van der Waals surface area contributed by atoms with E-state index in [2.05, 4.69) is 10.0 Å². The largest absolute Gasteiger partial charge is 0.452 e. The second-order valence-electron chi connectivity index (χ2n) is 6.52. The summed E-state index contributed by atoms with van der Waals surface area (Å²) in [5.74, 6) is -1.36. The van der Waals surface area contributed by atoms with Crippen LogP contribution in [0, 0.1) is 13.8 Å². The Balaban J connectivity index is 1.84. The van der Waals surface area contributed by atoms with E-state index in [-0.39, 0.29) is 0 Å². The van der Waals surface area contributed by atoms with E-state index in [0.29, 0.717) is 11.3 Å². The van der Waals surface area contributed by atoms with Crippen molar-refractivity contribution in [3.05, 3.63) is 70.6 Å². The predicted molar refractivity (Wildman–Crippen MR) is 112 cm³/mol. The Morgan fingerprint density at radius 3 is 2.45 bits per heavy atom. The molecule has 1 amide bonds. The Labute approximate surface area is 170 Å². The molecule has 1 unspecified atom stereocenters. The highest BCUT2D eigenvalue weighted by atomic mass is 32.2. The molecule has 2 N–H and O–H groups in total. The van der Waals surface area contributed by atoms with Crippen LogP contribution in [0.2, 0.25) is 0 Å². The molecule has 0 aliphatic rings. The third-order valence-corrected chi connectivity index (χ3v) is 5.02. The number of ether oxygens (including phenoxy) is 1. The van der Waals surface area contributed by atoms with Gasteiger partial charge in [-0.3, -0.25) is 9.59 Å². The average Bonchev–Trinajstić information content (AvgIpc) is 2.68. The standard InChI is InChI=1S/C21H24N2O5S/c1-15-9-10-19(16(2)13-15)23-21(25)17(3)28-20(24)14-22-29(26,27)12-11-18-7-5-4-6-8-18/h4-13,17,22H,14H2,1-3H3,(H,23,25)/b12-11+. The summed E-state index contributed by atoms with van der Waals surface area (Å²) in [7, 11) is -3.82. The molecule has 0 saturated heterocycles. The van der Waals surface area contributed by atoms with E-state index >= 15 is 0 Å². The number of benzene rings is 2. The molecule has 0 fully saturated rings. The molecule has 0 saturated carbocycles.